The van der Waals surface area contributed by atoms with Gasteiger partial charge in [-0.2, -0.15) is 0 Å². The first-order valence-corrected chi connectivity index (χ1v) is 9.04. The van der Waals surface area contributed by atoms with Crippen LogP contribution >= 0.6 is 11.3 Å². The van der Waals surface area contributed by atoms with E-state index in [-0.39, 0.29) is 6.61 Å². The first-order valence-electron chi connectivity index (χ1n) is 8.16. The van der Waals surface area contributed by atoms with Crippen LogP contribution in [0.5, 0.6) is 0 Å². The lowest BCUT2D eigenvalue weighted by molar-refractivity contribution is 0.288. The Hall–Kier alpha value is -2.17. The zero-order chi connectivity index (χ0) is 16.9. The minimum atomic E-state index is 0.206. The van der Waals surface area contributed by atoms with Crippen LogP contribution in [0.2, 0.25) is 0 Å². The zero-order valence-corrected chi connectivity index (χ0v) is 14.9. The quantitative estimate of drug-likeness (QED) is 0.657. The van der Waals surface area contributed by atoms with Crippen LogP contribution in [0, 0.1) is 13.8 Å². The number of benzene rings is 2. The summed E-state index contributed by atoms with van der Waals surface area (Å²) < 4.78 is 0. The minimum absolute atomic E-state index is 0.206. The summed E-state index contributed by atoms with van der Waals surface area (Å²) >= 11 is 1.60. The number of hydrogen-bond acceptors (Lipinski definition) is 4. The highest BCUT2D eigenvalue weighted by molar-refractivity contribution is 7.13. The maximum absolute atomic E-state index is 8.92. The zero-order valence-electron chi connectivity index (χ0n) is 14.0. The van der Waals surface area contributed by atoms with Gasteiger partial charge in [0.2, 0.25) is 0 Å². The van der Waals surface area contributed by atoms with Gasteiger partial charge in [0, 0.05) is 17.7 Å². The van der Waals surface area contributed by atoms with Crippen molar-refractivity contribution < 1.29 is 5.11 Å². The van der Waals surface area contributed by atoms with E-state index in [1.54, 1.807) is 11.3 Å². The molecule has 0 unspecified atom stereocenters. The van der Waals surface area contributed by atoms with Crippen molar-refractivity contribution in [3.63, 3.8) is 0 Å². The van der Waals surface area contributed by atoms with Crippen LogP contribution in [0.15, 0.2) is 47.8 Å². The van der Waals surface area contributed by atoms with Crippen LogP contribution in [0.1, 0.15) is 23.2 Å². The highest BCUT2D eigenvalue weighted by Gasteiger charge is 2.08. The molecule has 0 saturated heterocycles. The first kappa shape index (κ1) is 16.7. The molecule has 1 aromatic heterocycles. The topological polar surface area (TPSA) is 45.2 Å². The maximum Gasteiger partial charge on any atom is 0.187 e. The van der Waals surface area contributed by atoms with E-state index in [0.717, 1.165) is 29.4 Å². The number of hydrogen-bond donors (Lipinski definition) is 2. The summed E-state index contributed by atoms with van der Waals surface area (Å²) in [7, 11) is 0. The third-order valence-corrected chi connectivity index (χ3v) is 4.87. The normalized spacial score (nSPS) is 10.8. The average molecular weight is 338 g/mol. The summed E-state index contributed by atoms with van der Waals surface area (Å²) in [6.07, 6.45) is 1.57. The molecule has 0 amide bonds. The fourth-order valence-corrected chi connectivity index (χ4v) is 3.49. The molecular formula is C20H22N2OS. The standard InChI is InChI=1S/C20H22N2OS/c1-14-6-3-4-8-18(14)19-12-16(10-9-15(19)2)21-20-22-17(13-24-20)7-5-11-23/h3-4,6,8-10,12-13,23H,5,7,11H2,1-2H3,(H,21,22). The van der Waals surface area contributed by atoms with Crippen LogP contribution < -0.4 is 5.32 Å². The Balaban J connectivity index is 1.84. The summed E-state index contributed by atoms with van der Waals surface area (Å²) in [5.41, 5.74) is 7.12. The summed E-state index contributed by atoms with van der Waals surface area (Å²) in [4.78, 5) is 4.58. The van der Waals surface area contributed by atoms with Crippen molar-refractivity contribution in [1.29, 1.82) is 0 Å². The molecule has 0 spiro atoms. The van der Waals surface area contributed by atoms with Gasteiger partial charge in [-0.15, -0.1) is 11.3 Å². The second kappa shape index (κ2) is 7.60. The number of aryl methyl sites for hydroxylation is 3. The number of aliphatic hydroxyl groups excluding tert-OH is 1. The molecule has 24 heavy (non-hydrogen) atoms. The molecule has 0 bridgehead atoms. The third kappa shape index (κ3) is 3.83. The van der Waals surface area contributed by atoms with Gasteiger partial charge in [-0.1, -0.05) is 30.3 Å². The van der Waals surface area contributed by atoms with Gasteiger partial charge in [0.15, 0.2) is 5.13 Å². The van der Waals surface area contributed by atoms with Crippen LogP contribution in [-0.4, -0.2) is 16.7 Å². The summed E-state index contributed by atoms with van der Waals surface area (Å²) in [6, 6.07) is 14.9. The van der Waals surface area contributed by atoms with Gasteiger partial charge in [-0.25, -0.2) is 4.98 Å². The molecule has 0 aliphatic heterocycles. The predicted octanol–water partition coefficient (Wildman–Crippen LogP) is 5.10. The fraction of sp³-hybridized carbons (Fsp3) is 0.250. The van der Waals surface area contributed by atoms with Crippen molar-refractivity contribution >= 4 is 22.2 Å². The molecule has 0 aliphatic carbocycles. The van der Waals surface area contributed by atoms with E-state index in [1.165, 1.54) is 22.3 Å². The van der Waals surface area contributed by atoms with Crippen molar-refractivity contribution in [2.45, 2.75) is 26.7 Å². The van der Waals surface area contributed by atoms with Gasteiger partial charge in [-0.05, 0) is 61.1 Å². The lowest BCUT2D eigenvalue weighted by Gasteiger charge is -2.12. The van der Waals surface area contributed by atoms with Gasteiger partial charge >= 0.3 is 0 Å². The largest absolute Gasteiger partial charge is 0.396 e. The smallest absolute Gasteiger partial charge is 0.187 e. The van der Waals surface area contributed by atoms with Crippen molar-refractivity contribution in [1.82, 2.24) is 4.98 Å². The fourth-order valence-electron chi connectivity index (χ4n) is 2.73. The molecule has 3 nitrogen and oxygen atoms in total. The second-order valence-electron chi connectivity index (χ2n) is 5.94. The molecule has 3 rings (SSSR count). The van der Waals surface area contributed by atoms with Gasteiger partial charge in [-0.3, -0.25) is 0 Å². The molecule has 1 heterocycles. The Kier molecular flexibility index (Phi) is 5.28. The summed E-state index contributed by atoms with van der Waals surface area (Å²) in [6.45, 7) is 4.49. The molecule has 2 aromatic carbocycles. The Labute approximate surface area is 147 Å². The Morgan fingerprint density at radius 3 is 2.62 bits per heavy atom. The lowest BCUT2D eigenvalue weighted by atomic mass is 9.96. The minimum Gasteiger partial charge on any atom is -0.396 e. The molecule has 0 atom stereocenters. The predicted molar refractivity (Wildman–Crippen MR) is 102 cm³/mol. The molecule has 0 fully saturated rings. The molecule has 4 heteroatoms. The molecule has 0 saturated carbocycles. The van der Waals surface area contributed by atoms with E-state index in [0.29, 0.717) is 0 Å². The van der Waals surface area contributed by atoms with E-state index >= 15 is 0 Å². The Bertz CT molecular complexity index is 826. The van der Waals surface area contributed by atoms with Gasteiger partial charge in [0.25, 0.3) is 0 Å². The third-order valence-electron chi connectivity index (χ3n) is 4.07. The van der Waals surface area contributed by atoms with E-state index in [2.05, 4.69) is 72.0 Å². The molecular weight excluding hydrogens is 316 g/mol. The number of nitrogens with zero attached hydrogens (tertiary/aromatic N) is 1. The van der Waals surface area contributed by atoms with E-state index in [4.69, 9.17) is 5.11 Å². The van der Waals surface area contributed by atoms with Crippen molar-refractivity contribution in [3.8, 4) is 11.1 Å². The maximum atomic E-state index is 8.92. The number of rotatable bonds is 6. The van der Waals surface area contributed by atoms with Gasteiger partial charge in [0.05, 0.1) is 5.69 Å². The molecule has 3 aromatic rings. The number of thiazole rings is 1. The molecule has 124 valence electrons. The van der Waals surface area contributed by atoms with Crippen molar-refractivity contribution in [2.75, 3.05) is 11.9 Å². The summed E-state index contributed by atoms with van der Waals surface area (Å²) in [5.74, 6) is 0. The first-order chi connectivity index (χ1) is 11.7. The SMILES string of the molecule is Cc1ccccc1-c1cc(Nc2nc(CCCO)cs2)ccc1C. The van der Waals surface area contributed by atoms with Crippen molar-refractivity contribution in [3.05, 3.63) is 64.7 Å². The lowest BCUT2D eigenvalue weighted by Crippen LogP contribution is -1.94. The Morgan fingerprint density at radius 1 is 1.04 bits per heavy atom. The highest BCUT2D eigenvalue weighted by atomic mass is 32.1. The van der Waals surface area contributed by atoms with Crippen LogP contribution in [-0.2, 0) is 6.42 Å². The van der Waals surface area contributed by atoms with Crippen LogP contribution in [0.3, 0.4) is 0 Å². The highest BCUT2D eigenvalue weighted by Crippen LogP contribution is 2.30. The molecule has 0 radical (unpaired) electrons. The monoisotopic (exact) mass is 338 g/mol. The number of nitrogens with one attached hydrogen (secondary N) is 1. The number of anilines is 2. The molecule has 2 N–H and O–H groups in total. The van der Waals surface area contributed by atoms with Crippen LogP contribution in [0.25, 0.3) is 11.1 Å². The Morgan fingerprint density at radius 2 is 1.83 bits per heavy atom. The second-order valence-corrected chi connectivity index (χ2v) is 6.80. The van der Waals surface area contributed by atoms with Gasteiger partial charge in [0.1, 0.15) is 0 Å². The van der Waals surface area contributed by atoms with Crippen LogP contribution in [0.4, 0.5) is 10.8 Å². The number of aliphatic hydroxyl groups is 1. The summed E-state index contributed by atoms with van der Waals surface area (Å²) in [5, 5.41) is 15.3. The number of aromatic nitrogens is 1. The van der Waals surface area contributed by atoms with E-state index in [1.807, 2.05) is 0 Å². The molecule has 0 aliphatic rings. The van der Waals surface area contributed by atoms with Crippen molar-refractivity contribution in [2.24, 2.45) is 0 Å². The van der Waals surface area contributed by atoms with E-state index in [9.17, 15) is 0 Å². The van der Waals surface area contributed by atoms with Gasteiger partial charge < -0.3 is 10.4 Å². The average Bonchev–Trinajstić information content (AvgIpc) is 3.03. The van der Waals surface area contributed by atoms with E-state index < -0.39 is 0 Å².